The first-order chi connectivity index (χ1) is 17.0. The molecule has 190 valence electrons. The van der Waals surface area contributed by atoms with Gasteiger partial charge in [0.1, 0.15) is 0 Å². The van der Waals surface area contributed by atoms with Gasteiger partial charge in [-0.1, -0.05) is 42.5 Å². The summed E-state index contributed by atoms with van der Waals surface area (Å²) in [7, 11) is 1.81. The van der Waals surface area contributed by atoms with E-state index in [9.17, 15) is 14.7 Å². The Labute approximate surface area is 214 Å². The lowest BCUT2D eigenvalue weighted by Crippen LogP contribution is -2.28. The molecule has 6 heteroatoms. The van der Waals surface area contributed by atoms with Crippen molar-refractivity contribution in [2.24, 2.45) is 0 Å². The van der Waals surface area contributed by atoms with E-state index < -0.39 is 5.97 Å². The predicted molar refractivity (Wildman–Crippen MR) is 146 cm³/mol. The fourth-order valence-electron chi connectivity index (χ4n) is 4.67. The monoisotopic (exact) mass is 487 g/mol. The van der Waals surface area contributed by atoms with E-state index in [0.29, 0.717) is 18.8 Å². The molecular weight excluding hydrogens is 450 g/mol. The minimum atomic E-state index is -0.877. The SMILES string of the molecule is CNc1ccc(C(CC(=O)O)c2ccc(C)c(CN(Cc3cccc(C)c3C)C(C)=O)c2)c(C)c1N. The van der Waals surface area contributed by atoms with E-state index in [0.717, 1.165) is 39.1 Å². The summed E-state index contributed by atoms with van der Waals surface area (Å²) in [6.07, 6.45) is -0.0550. The molecule has 0 saturated carbocycles. The first-order valence-corrected chi connectivity index (χ1v) is 12.2. The van der Waals surface area contributed by atoms with Gasteiger partial charge in [-0.05, 0) is 78.3 Å². The van der Waals surface area contributed by atoms with E-state index in [1.807, 2.05) is 62.2 Å². The van der Waals surface area contributed by atoms with Crippen LogP contribution in [-0.2, 0) is 22.7 Å². The van der Waals surface area contributed by atoms with Crippen LogP contribution in [0.2, 0.25) is 0 Å². The summed E-state index contributed by atoms with van der Waals surface area (Å²) >= 11 is 0. The fourth-order valence-corrected chi connectivity index (χ4v) is 4.67. The van der Waals surface area contributed by atoms with Crippen molar-refractivity contribution in [1.82, 2.24) is 4.90 Å². The molecule has 0 saturated heterocycles. The molecule has 3 aromatic carbocycles. The second-order valence-electron chi connectivity index (χ2n) is 9.56. The molecule has 0 aliphatic carbocycles. The summed E-state index contributed by atoms with van der Waals surface area (Å²) in [5.41, 5.74) is 16.0. The number of hydrogen-bond donors (Lipinski definition) is 3. The molecule has 6 nitrogen and oxygen atoms in total. The van der Waals surface area contributed by atoms with Crippen LogP contribution in [0.1, 0.15) is 63.8 Å². The number of carboxylic acid groups (broad SMARTS) is 1. The van der Waals surface area contributed by atoms with Gasteiger partial charge in [-0.3, -0.25) is 9.59 Å². The molecule has 0 bridgehead atoms. The predicted octanol–water partition coefficient (Wildman–Crippen LogP) is 5.70. The second-order valence-corrected chi connectivity index (χ2v) is 9.56. The number of nitrogens with zero attached hydrogens (tertiary/aromatic N) is 1. The van der Waals surface area contributed by atoms with E-state index in [-0.39, 0.29) is 18.2 Å². The third-order valence-corrected chi connectivity index (χ3v) is 7.24. The smallest absolute Gasteiger partial charge is 0.304 e. The quantitative estimate of drug-likeness (QED) is 0.337. The number of aliphatic carboxylic acids is 1. The lowest BCUT2D eigenvalue weighted by atomic mass is 9.84. The van der Waals surface area contributed by atoms with E-state index in [1.165, 1.54) is 11.1 Å². The number of amides is 1. The number of nitrogens with one attached hydrogen (secondary N) is 1. The van der Waals surface area contributed by atoms with Crippen LogP contribution in [0.5, 0.6) is 0 Å². The number of hydrogen-bond acceptors (Lipinski definition) is 4. The molecule has 36 heavy (non-hydrogen) atoms. The second kappa shape index (κ2) is 11.3. The lowest BCUT2D eigenvalue weighted by Gasteiger charge is -2.25. The van der Waals surface area contributed by atoms with Crippen molar-refractivity contribution in [3.05, 3.63) is 93.0 Å². The number of nitrogen functional groups attached to an aromatic ring is 1. The highest BCUT2D eigenvalue weighted by Gasteiger charge is 2.23. The zero-order valence-electron chi connectivity index (χ0n) is 22.1. The largest absolute Gasteiger partial charge is 0.481 e. The van der Waals surface area contributed by atoms with Crippen LogP contribution in [0, 0.1) is 27.7 Å². The Hall–Kier alpha value is -3.80. The van der Waals surface area contributed by atoms with Crippen molar-refractivity contribution in [3.8, 4) is 0 Å². The number of benzene rings is 3. The Morgan fingerprint density at radius 3 is 2.28 bits per heavy atom. The first-order valence-electron chi connectivity index (χ1n) is 12.2. The summed E-state index contributed by atoms with van der Waals surface area (Å²) in [5.74, 6) is -1.24. The summed E-state index contributed by atoms with van der Waals surface area (Å²) in [4.78, 5) is 26.3. The molecule has 0 spiro atoms. The van der Waals surface area contributed by atoms with Gasteiger partial charge in [0.25, 0.3) is 0 Å². The number of aryl methyl sites for hydroxylation is 2. The van der Waals surface area contributed by atoms with Crippen molar-refractivity contribution >= 4 is 23.3 Å². The summed E-state index contributed by atoms with van der Waals surface area (Å²) in [6.45, 7) is 10.7. The van der Waals surface area contributed by atoms with Gasteiger partial charge >= 0.3 is 5.97 Å². The Morgan fingerprint density at radius 1 is 0.944 bits per heavy atom. The average Bonchev–Trinajstić information content (AvgIpc) is 2.83. The zero-order valence-corrected chi connectivity index (χ0v) is 22.1. The van der Waals surface area contributed by atoms with Gasteiger partial charge in [0.05, 0.1) is 17.8 Å². The number of carboxylic acids is 1. The van der Waals surface area contributed by atoms with Crippen LogP contribution in [0.4, 0.5) is 11.4 Å². The average molecular weight is 488 g/mol. The third kappa shape index (κ3) is 5.88. The topological polar surface area (TPSA) is 95.7 Å². The summed E-state index contributed by atoms with van der Waals surface area (Å²) in [5, 5.41) is 12.8. The lowest BCUT2D eigenvalue weighted by molar-refractivity contribution is -0.137. The van der Waals surface area contributed by atoms with Gasteiger partial charge in [-0.25, -0.2) is 0 Å². The van der Waals surface area contributed by atoms with E-state index in [1.54, 1.807) is 6.92 Å². The number of rotatable bonds is 9. The van der Waals surface area contributed by atoms with Crippen molar-refractivity contribution in [3.63, 3.8) is 0 Å². The maximum Gasteiger partial charge on any atom is 0.304 e. The molecule has 0 aliphatic rings. The van der Waals surface area contributed by atoms with Crippen LogP contribution in [0.3, 0.4) is 0 Å². The third-order valence-electron chi connectivity index (χ3n) is 7.24. The molecule has 0 radical (unpaired) electrons. The molecule has 0 aliphatic heterocycles. The van der Waals surface area contributed by atoms with E-state index >= 15 is 0 Å². The standard InChI is InChI=1S/C30H37N3O3/c1-18-8-7-9-24(20(18)3)16-33(22(5)34)17-25-14-23(11-10-19(25)2)27(15-29(35)36)26-12-13-28(32-6)30(31)21(26)4/h7-14,27,32H,15-17,31H2,1-6H3,(H,35,36). The van der Waals surface area contributed by atoms with E-state index in [2.05, 4.69) is 31.3 Å². The van der Waals surface area contributed by atoms with Gasteiger partial charge in [-0.15, -0.1) is 0 Å². The minimum absolute atomic E-state index is 0.00549. The van der Waals surface area contributed by atoms with Gasteiger partial charge in [-0.2, -0.15) is 0 Å². The molecule has 0 heterocycles. The van der Waals surface area contributed by atoms with Gasteiger partial charge in [0.15, 0.2) is 0 Å². The molecule has 3 aromatic rings. The number of anilines is 2. The fraction of sp³-hybridized carbons (Fsp3) is 0.333. The minimum Gasteiger partial charge on any atom is -0.481 e. The van der Waals surface area contributed by atoms with Gasteiger partial charge < -0.3 is 21.1 Å². The first kappa shape index (κ1) is 26.8. The van der Waals surface area contributed by atoms with Gasteiger partial charge in [0, 0.05) is 33.0 Å². The Bertz CT molecular complexity index is 1280. The maximum absolute atomic E-state index is 12.6. The molecule has 0 aromatic heterocycles. The molecule has 3 rings (SSSR count). The molecule has 0 fully saturated rings. The maximum atomic E-state index is 12.6. The highest BCUT2D eigenvalue weighted by Crippen LogP contribution is 2.36. The van der Waals surface area contributed by atoms with Crippen LogP contribution < -0.4 is 11.1 Å². The highest BCUT2D eigenvalue weighted by atomic mass is 16.4. The molecule has 1 atom stereocenters. The van der Waals surface area contributed by atoms with Crippen LogP contribution in [0.15, 0.2) is 48.5 Å². The highest BCUT2D eigenvalue weighted by molar-refractivity contribution is 5.75. The van der Waals surface area contributed by atoms with Crippen molar-refractivity contribution in [2.75, 3.05) is 18.1 Å². The Balaban J connectivity index is 2.00. The van der Waals surface area contributed by atoms with Gasteiger partial charge in [0.2, 0.25) is 5.91 Å². The normalized spacial score (nSPS) is 11.7. The molecule has 1 amide bonds. The number of nitrogens with two attached hydrogens (primary N) is 1. The molecular formula is C30H37N3O3. The molecule has 1 unspecified atom stereocenters. The van der Waals surface area contributed by atoms with Crippen LogP contribution in [0.25, 0.3) is 0 Å². The Morgan fingerprint density at radius 2 is 1.64 bits per heavy atom. The zero-order chi connectivity index (χ0) is 26.6. The summed E-state index contributed by atoms with van der Waals surface area (Å²) in [6, 6.07) is 16.0. The van der Waals surface area contributed by atoms with Crippen LogP contribution in [-0.4, -0.2) is 28.9 Å². The number of carbonyl (C=O) groups excluding carboxylic acids is 1. The van der Waals surface area contributed by atoms with Crippen molar-refractivity contribution < 1.29 is 14.7 Å². The van der Waals surface area contributed by atoms with E-state index in [4.69, 9.17) is 5.73 Å². The number of carbonyl (C=O) groups is 2. The summed E-state index contributed by atoms with van der Waals surface area (Å²) < 4.78 is 0. The Kier molecular flexibility index (Phi) is 8.41. The molecule has 4 N–H and O–H groups in total. The van der Waals surface area contributed by atoms with Crippen molar-refractivity contribution in [1.29, 1.82) is 0 Å². The van der Waals surface area contributed by atoms with Crippen LogP contribution >= 0.6 is 0 Å². The van der Waals surface area contributed by atoms with Crippen molar-refractivity contribution in [2.45, 2.75) is 60.0 Å².